The lowest BCUT2D eigenvalue weighted by Gasteiger charge is -2.24. The van der Waals surface area contributed by atoms with Crippen LogP contribution < -0.4 is 21.1 Å². The number of carbonyl (C=O) groups is 3. The second-order valence-electron chi connectivity index (χ2n) is 12.8. The Balaban J connectivity index is 1.06. The Kier molecular flexibility index (Phi) is 12.5. The number of carbonyl (C=O) groups excluding carboxylic acids is 3. The number of nitrogens with one attached hydrogen (secondary N) is 2. The van der Waals surface area contributed by atoms with Crippen molar-refractivity contribution in [3.63, 3.8) is 0 Å². The van der Waals surface area contributed by atoms with E-state index in [1.54, 1.807) is 42.9 Å². The van der Waals surface area contributed by atoms with Gasteiger partial charge in [0.2, 0.25) is 15.9 Å². The molecule has 3 heterocycles. The van der Waals surface area contributed by atoms with Gasteiger partial charge in [-0.1, -0.05) is 52.6 Å². The van der Waals surface area contributed by atoms with Gasteiger partial charge in [-0.25, -0.2) is 23.2 Å². The molecule has 1 atom stereocenters. The van der Waals surface area contributed by atoms with Gasteiger partial charge in [0.1, 0.15) is 28.8 Å². The van der Waals surface area contributed by atoms with E-state index in [0.29, 0.717) is 41.7 Å². The highest BCUT2D eigenvalue weighted by Crippen LogP contribution is 2.37. The first-order valence-corrected chi connectivity index (χ1v) is 19.7. The number of hydrogen-bond acceptors (Lipinski definition) is 10. The second-order valence-corrected chi connectivity index (χ2v) is 15.5. The Morgan fingerprint density at radius 3 is 2.52 bits per heavy atom. The number of sulfonamides is 1. The van der Waals surface area contributed by atoms with Crippen LogP contribution in [0.15, 0.2) is 89.4 Å². The van der Waals surface area contributed by atoms with Gasteiger partial charge >= 0.3 is 5.97 Å². The van der Waals surface area contributed by atoms with E-state index in [1.165, 1.54) is 19.1 Å². The highest BCUT2D eigenvalue weighted by atomic mass is 35.5. The van der Waals surface area contributed by atoms with Crippen molar-refractivity contribution >= 4 is 67.7 Å². The first-order valence-electron chi connectivity index (χ1n) is 17.5. The molecule has 15 nitrogen and oxygen atoms in total. The van der Waals surface area contributed by atoms with Crippen molar-refractivity contribution in [3.05, 3.63) is 112 Å². The molecule has 1 aliphatic heterocycles. The van der Waals surface area contributed by atoms with E-state index in [1.807, 2.05) is 35.9 Å². The number of benzene rings is 3. The van der Waals surface area contributed by atoms with E-state index < -0.39 is 27.9 Å². The third kappa shape index (κ3) is 8.94. The number of fused-ring (bicyclic) bond motifs is 1. The highest BCUT2D eigenvalue weighted by Gasteiger charge is 2.40. The molecule has 5 aromatic rings. The van der Waals surface area contributed by atoms with Crippen LogP contribution in [0.2, 0.25) is 10.0 Å². The minimum absolute atomic E-state index is 0.0191. The summed E-state index contributed by atoms with van der Waals surface area (Å²) in [7, 11) is -4.24. The summed E-state index contributed by atoms with van der Waals surface area (Å²) < 4.78 is 37.3. The predicted molar refractivity (Wildman–Crippen MR) is 210 cm³/mol. The number of aromatic nitrogens is 3. The summed E-state index contributed by atoms with van der Waals surface area (Å²) in [6.45, 7) is 3.49. The lowest BCUT2D eigenvalue weighted by molar-refractivity contribution is -0.141. The quantitative estimate of drug-likeness (QED) is 0.0456. The van der Waals surface area contributed by atoms with Gasteiger partial charge in [-0.2, -0.15) is 4.31 Å². The Morgan fingerprint density at radius 2 is 1.79 bits per heavy atom. The van der Waals surface area contributed by atoms with Gasteiger partial charge in [0.25, 0.3) is 5.91 Å². The smallest absolute Gasteiger partial charge is 0.332 e. The third-order valence-corrected chi connectivity index (χ3v) is 11.8. The molecule has 0 aliphatic carbocycles. The SMILES string of the molecule is CC(=O)O/N=C(/N)c1ccc(C(=O)NCCCNC(=O)[C@@H]2CCCN2S(=O)(=O)c2ccc(Cl)c(COc3cccc4c(-n5ccnc5)cc(C)nc34)c2Cl)cc1. The van der Waals surface area contributed by atoms with Crippen molar-refractivity contribution in [1.82, 2.24) is 29.5 Å². The van der Waals surface area contributed by atoms with Crippen LogP contribution in [0.25, 0.3) is 16.6 Å². The van der Waals surface area contributed by atoms with Gasteiger partial charge < -0.3 is 30.5 Å². The number of halogens is 2. The fourth-order valence-corrected chi connectivity index (χ4v) is 8.73. The van der Waals surface area contributed by atoms with Crippen molar-refractivity contribution in [1.29, 1.82) is 0 Å². The maximum Gasteiger partial charge on any atom is 0.332 e. The Bertz CT molecular complexity index is 2410. The van der Waals surface area contributed by atoms with Crippen LogP contribution in [0, 0.1) is 6.92 Å². The molecule has 292 valence electrons. The van der Waals surface area contributed by atoms with E-state index in [4.69, 9.17) is 38.7 Å². The topological polar surface area (TPSA) is 200 Å². The van der Waals surface area contributed by atoms with E-state index in [-0.39, 0.29) is 58.5 Å². The first-order chi connectivity index (χ1) is 26.8. The lowest BCUT2D eigenvalue weighted by atomic mass is 10.1. The van der Waals surface area contributed by atoms with E-state index in [9.17, 15) is 22.8 Å². The van der Waals surface area contributed by atoms with E-state index in [2.05, 4.69) is 25.6 Å². The average Bonchev–Trinajstić information content (AvgIpc) is 3.91. The molecule has 0 unspecified atom stereocenters. The number of nitrogens with zero attached hydrogens (tertiary/aromatic N) is 5. The zero-order valence-electron chi connectivity index (χ0n) is 30.4. The van der Waals surface area contributed by atoms with Crippen molar-refractivity contribution in [3.8, 4) is 11.4 Å². The minimum Gasteiger partial charge on any atom is -0.487 e. The van der Waals surface area contributed by atoms with Crippen molar-refractivity contribution in [2.24, 2.45) is 10.9 Å². The number of hydrogen-bond donors (Lipinski definition) is 3. The zero-order valence-corrected chi connectivity index (χ0v) is 32.7. The molecule has 0 spiro atoms. The first kappa shape index (κ1) is 40.1. The van der Waals surface area contributed by atoms with E-state index >= 15 is 0 Å². The molecular formula is C38H38Cl2N8O7S. The Morgan fingerprint density at radius 1 is 1.04 bits per heavy atom. The maximum absolute atomic E-state index is 14.1. The summed E-state index contributed by atoms with van der Waals surface area (Å²) in [5, 5.41) is 10.0. The van der Waals surface area contributed by atoms with Gasteiger partial charge in [-0.3, -0.25) is 9.59 Å². The molecule has 4 N–H and O–H groups in total. The predicted octanol–water partition coefficient (Wildman–Crippen LogP) is 4.89. The zero-order chi connectivity index (χ0) is 40.0. The van der Waals surface area contributed by atoms with E-state index in [0.717, 1.165) is 21.1 Å². The fraction of sp³-hybridized carbons (Fsp3) is 0.263. The van der Waals surface area contributed by atoms with Crippen LogP contribution in [-0.4, -0.2) is 76.6 Å². The number of amides is 2. The number of ether oxygens (including phenoxy) is 1. The Labute approximate surface area is 332 Å². The number of pyridine rings is 1. The standard InChI is InChI=1S/C38H38Cl2N8O7S/c1-23-20-31(47-19-17-42-22-47)27-6-3-8-32(35(27)45-23)54-21-28-29(39)13-14-33(34(28)40)56(52,53)48-18-4-7-30(48)38(51)44-16-5-15-43-37(50)26-11-9-25(10-12-26)36(41)46-55-24(2)49/h3,6,8-14,17,19-20,22,30H,4-5,7,15-16,18,21H2,1-2H3,(H2,41,46)(H,43,50)(H,44,51)/t30-/m0/s1. The van der Waals surface area contributed by atoms with Gasteiger partial charge in [0.05, 0.1) is 17.0 Å². The molecule has 2 amide bonds. The van der Waals surface area contributed by atoms with Gasteiger partial charge in [-0.05, 0) is 62.6 Å². The number of aryl methyl sites for hydroxylation is 1. The molecule has 1 saturated heterocycles. The number of oxime groups is 1. The molecule has 56 heavy (non-hydrogen) atoms. The number of imidazole rings is 1. The number of rotatable bonds is 14. The monoisotopic (exact) mass is 820 g/mol. The largest absolute Gasteiger partial charge is 0.487 e. The molecule has 1 fully saturated rings. The molecule has 2 aromatic heterocycles. The summed E-state index contributed by atoms with van der Waals surface area (Å²) in [4.78, 5) is 50.0. The molecule has 0 saturated carbocycles. The molecule has 18 heteroatoms. The van der Waals surface area contributed by atoms with Crippen molar-refractivity contribution in [2.75, 3.05) is 19.6 Å². The van der Waals surface area contributed by atoms with Crippen molar-refractivity contribution < 1.29 is 32.4 Å². The van der Waals surface area contributed by atoms with Crippen LogP contribution >= 0.6 is 23.2 Å². The van der Waals surface area contributed by atoms with Crippen LogP contribution in [0.3, 0.4) is 0 Å². The lowest BCUT2D eigenvalue weighted by Crippen LogP contribution is -2.46. The van der Waals surface area contributed by atoms with Crippen LogP contribution in [-0.2, 0) is 31.1 Å². The average molecular weight is 822 g/mol. The maximum atomic E-state index is 14.1. The van der Waals surface area contributed by atoms with Crippen molar-refractivity contribution in [2.45, 2.75) is 50.7 Å². The molecule has 3 aromatic carbocycles. The minimum atomic E-state index is -4.24. The molecule has 0 radical (unpaired) electrons. The van der Waals surface area contributed by atoms with Gasteiger partial charge in [-0.15, -0.1) is 0 Å². The molecule has 6 rings (SSSR count). The summed E-state index contributed by atoms with van der Waals surface area (Å²) in [6.07, 6.45) is 6.40. The molecular weight excluding hydrogens is 783 g/mol. The van der Waals surface area contributed by atoms with Gasteiger partial charge in [0.15, 0.2) is 5.84 Å². The highest BCUT2D eigenvalue weighted by molar-refractivity contribution is 7.89. The fourth-order valence-electron chi connectivity index (χ4n) is 6.21. The molecule has 1 aliphatic rings. The second kappa shape index (κ2) is 17.5. The summed E-state index contributed by atoms with van der Waals surface area (Å²) in [5.41, 5.74) is 9.10. The van der Waals surface area contributed by atoms with Crippen LogP contribution in [0.5, 0.6) is 5.75 Å². The molecule has 0 bridgehead atoms. The normalized spacial score (nSPS) is 14.8. The van der Waals surface area contributed by atoms with Crippen LogP contribution in [0.1, 0.15) is 53.4 Å². The number of para-hydroxylation sites is 1. The summed E-state index contributed by atoms with van der Waals surface area (Å²) in [6, 6.07) is 15.5. The number of amidine groups is 1. The summed E-state index contributed by atoms with van der Waals surface area (Å²) in [5.74, 6) is -0.983. The summed E-state index contributed by atoms with van der Waals surface area (Å²) >= 11 is 13.3. The third-order valence-electron chi connectivity index (χ3n) is 8.96. The van der Waals surface area contributed by atoms with Crippen LogP contribution in [0.4, 0.5) is 0 Å². The number of nitrogens with two attached hydrogens (primary N) is 1. The Hall–Kier alpha value is -5.55. The van der Waals surface area contributed by atoms with Gasteiger partial charge in [0, 0.05) is 71.7 Å².